The molecule has 0 fully saturated rings. The Morgan fingerprint density at radius 3 is 2.19 bits per heavy atom. The fraction of sp³-hybridized carbons (Fsp3) is 0.875. The molecule has 1 heterocycles. The van der Waals surface area contributed by atoms with E-state index in [-0.39, 0.29) is 6.10 Å². The molecule has 0 aromatic carbocycles. The molecule has 0 aromatic heterocycles. The molecule has 1 aliphatic heterocycles. The molecule has 2 atom stereocenters. The van der Waals surface area contributed by atoms with Gasteiger partial charge in [-0.2, -0.15) is 0 Å². The first-order valence-electron chi connectivity index (χ1n) is 11.9. The van der Waals surface area contributed by atoms with Crippen LogP contribution in [0.25, 0.3) is 0 Å². The molecular weight excluding hydrogens is 332 g/mol. The van der Waals surface area contributed by atoms with Gasteiger partial charge < -0.3 is 5.11 Å². The predicted octanol–water partition coefficient (Wildman–Crippen LogP) is 5.81. The van der Waals surface area contributed by atoms with Gasteiger partial charge in [-0.3, -0.25) is 9.89 Å². The zero-order valence-electron chi connectivity index (χ0n) is 18.3. The van der Waals surface area contributed by atoms with Crippen LogP contribution in [0.4, 0.5) is 0 Å². The fourth-order valence-corrected chi connectivity index (χ4v) is 3.84. The highest BCUT2D eigenvalue weighted by atomic mass is 16.3. The number of nitrogens with zero attached hydrogens (tertiary/aromatic N) is 1. The maximum atomic E-state index is 10.2. The van der Waals surface area contributed by atoms with Gasteiger partial charge in [-0.25, -0.2) is 0 Å². The largest absolute Gasteiger partial charge is 0.393 e. The van der Waals surface area contributed by atoms with Gasteiger partial charge in [0.25, 0.3) is 0 Å². The van der Waals surface area contributed by atoms with E-state index in [1.807, 2.05) is 0 Å². The van der Waals surface area contributed by atoms with E-state index in [9.17, 15) is 5.11 Å². The molecule has 27 heavy (non-hydrogen) atoms. The van der Waals surface area contributed by atoms with E-state index in [1.54, 1.807) is 0 Å². The maximum absolute atomic E-state index is 10.2. The maximum Gasteiger partial charge on any atom is 0.232 e. The van der Waals surface area contributed by atoms with Gasteiger partial charge in [-0.1, -0.05) is 64.0 Å². The van der Waals surface area contributed by atoms with Crippen LogP contribution in [0.15, 0.2) is 12.2 Å². The van der Waals surface area contributed by atoms with Crippen molar-refractivity contribution in [1.82, 2.24) is 5.32 Å². The Kier molecular flexibility index (Phi) is 15.5. The number of allylic oxidation sites excluding steroid dienone is 2. The van der Waals surface area contributed by atoms with Crippen molar-refractivity contribution in [2.24, 2.45) is 0 Å². The van der Waals surface area contributed by atoms with E-state index in [0.717, 1.165) is 32.4 Å². The van der Waals surface area contributed by atoms with Crippen molar-refractivity contribution in [2.75, 3.05) is 13.1 Å². The lowest BCUT2D eigenvalue weighted by Crippen LogP contribution is -2.23. The second-order valence-electron chi connectivity index (χ2n) is 8.42. The molecule has 0 aliphatic carbocycles. The van der Waals surface area contributed by atoms with E-state index < -0.39 is 0 Å². The summed E-state index contributed by atoms with van der Waals surface area (Å²) in [7, 11) is 0. The molecule has 2 N–H and O–H groups in total. The second kappa shape index (κ2) is 17.3. The third-order valence-electron chi connectivity index (χ3n) is 5.80. The van der Waals surface area contributed by atoms with E-state index in [1.165, 1.54) is 77.0 Å². The van der Waals surface area contributed by atoms with Crippen LogP contribution in [0.1, 0.15) is 110 Å². The highest BCUT2D eigenvalue weighted by molar-refractivity contribution is 5.49. The molecule has 0 saturated heterocycles. The number of hydrogen-bond donors (Lipinski definition) is 2. The van der Waals surface area contributed by atoms with Crippen LogP contribution in [0.3, 0.4) is 0 Å². The quantitative estimate of drug-likeness (QED) is 0.179. The van der Waals surface area contributed by atoms with Crippen molar-refractivity contribution in [3.8, 4) is 0 Å². The molecule has 0 aromatic rings. The first-order valence-corrected chi connectivity index (χ1v) is 11.9. The molecule has 0 spiro atoms. The zero-order valence-corrected chi connectivity index (χ0v) is 18.3. The van der Waals surface area contributed by atoms with Gasteiger partial charge in [-0.15, -0.1) is 0 Å². The average Bonchev–Trinajstić information content (AvgIpc) is 3.20. The molecule has 2 unspecified atom stereocenters. The third kappa shape index (κ3) is 13.9. The third-order valence-corrected chi connectivity index (χ3v) is 5.80. The predicted molar refractivity (Wildman–Crippen MR) is 119 cm³/mol. The van der Waals surface area contributed by atoms with E-state index in [0.29, 0.717) is 6.04 Å². The lowest BCUT2D eigenvalue weighted by atomic mass is 10.0. The number of nitrogens with one attached hydrogen (secondary N) is 1. The van der Waals surface area contributed by atoms with Crippen LogP contribution < -0.4 is 5.32 Å². The minimum absolute atomic E-state index is 0.0962. The Morgan fingerprint density at radius 1 is 0.889 bits per heavy atom. The zero-order chi connectivity index (χ0) is 19.6. The van der Waals surface area contributed by atoms with Crippen molar-refractivity contribution >= 4 is 6.34 Å². The van der Waals surface area contributed by atoms with Gasteiger partial charge >= 0.3 is 0 Å². The second-order valence-corrected chi connectivity index (χ2v) is 8.42. The molecule has 158 valence electrons. The number of hydrogen-bond acceptors (Lipinski definition) is 2. The Bertz CT molecular complexity index is 392. The van der Waals surface area contributed by atoms with Crippen LogP contribution in [-0.2, 0) is 0 Å². The van der Waals surface area contributed by atoms with Crippen LogP contribution >= 0.6 is 0 Å². The van der Waals surface area contributed by atoms with Crippen molar-refractivity contribution < 1.29 is 9.68 Å². The van der Waals surface area contributed by atoms with Gasteiger partial charge in [0, 0.05) is 0 Å². The monoisotopic (exact) mass is 379 g/mol. The number of aliphatic hydroxyl groups is 1. The van der Waals surface area contributed by atoms with Crippen molar-refractivity contribution in [3.63, 3.8) is 0 Å². The summed E-state index contributed by atoms with van der Waals surface area (Å²) in [5, 5.41) is 13.4. The average molecular weight is 380 g/mol. The first kappa shape index (κ1) is 24.2. The van der Waals surface area contributed by atoms with Gasteiger partial charge in [0.2, 0.25) is 6.34 Å². The summed E-state index contributed by atoms with van der Waals surface area (Å²) >= 11 is 0. The summed E-state index contributed by atoms with van der Waals surface area (Å²) in [5.74, 6) is 0. The molecule has 0 saturated carbocycles. The number of rotatable bonds is 18. The van der Waals surface area contributed by atoms with Crippen molar-refractivity contribution in [3.05, 3.63) is 12.2 Å². The smallest absolute Gasteiger partial charge is 0.232 e. The van der Waals surface area contributed by atoms with E-state index in [4.69, 9.17) is 0 Å². The van der Waals surface area contributed by atoms with Crippen molar-refractivity contribution in [1.29, 1.82) is 0 Å². The van der Waals surface area contributed by atoms with E-state index >= 15 is 0 Å². The molecule has 0 amide bonds. The summed E-state index contributed by atoms with van der Waals surface area (Å²) in [4.78, 5) is 0. The van der Waals surface area contributed by atoms with Crippen LogP contribution in [0.2, 0.25) is 0 Å². The molecular formula is C24H47N2O+. The molecule has 1 aliphatic rings. The lowest BCUT2D eigenvalue weighted by molar-refractivity contribution is -0.550. The summed E-state index contributed by atoms with van der Waals surface area (Å²) in [6.45, 7) is 6.76. The molecule has 1 rings (SSSR count). The first-order chi connectivity index (χ1) is 13.2. The highest BCUT2D eigenvalue weighted by Gasteiger charge is 2.16. The fourth-order valence-electron chi connectivity index (χ4n) is 3.84. The highest BCUT2D eigenvalue weighted by Crippen LogP contribution is 2.13. The van der Waals surface area contributed by atoms with E-state index in [2.05, 4.69) is 42.2 Å². The summed E-state index contributed by atoms with van der Waals surface area (Å²) in [6, 6.07) is 0.593. The molecule has 3 heteroatoms. The Labute approximate surface area is 169 Å². The lowest BCUT2D eigenvalue weighted by Gasteiger charge is -2.13. The minimum Gasteiger partial charge on any atom is -0.393 e. The van der Waals surface area contributed by atoms with Gasteiger partial charge in [0.05, 0.1) is 12.1 Å². The molecule has 0 radical (unpaired) electrons. The Hall–Kier alpha value is -0.830. The normalized spacial score (nSPS) is 16.5. The minimum atomic E-state index is -0.0962. The van der Waals surface area contributed by atoms with Crippen LogP contribution in [0, 0.1) is 0 Å². The van der Waals surface area contributed by atoms with Gasteiger partial charge in [0.15, 0.2) is 0 Å². The molecule has 0 bridgehead atoms. The topological polar surface area (TPSA) is 35.3 Å². The van der Waals surface area contributed by atoms with Gasteiger partial charge in [0.1, 0.15) is 13.1 Å². The van der Waals surface area contributed by atoms with Crippen molar-refractivity contribution in [2.45, 2.75) is 122 Å². The summed E-state index contributed by atoms with van der Waals surface area (Å²) in [5.41, 5.74) is 0. The van der Waals surface area contributed by atoms with Gasteiger partial charge in [-0.05, 0) is 58.3 Å². The van der Waals surface area contributed by atoms with Crippen LogP contribution in [-0.4, -0.2) is 41.3 Å². The Balaban J connectivity index is 1.83. The number of unbranched alkanes of at least 4 members (excludes halogenated alkanes) is 9. The number of aliphatic hydroxyl groups excluding tert-OH is 1. The van der Waals surface area contributed by atoms with Crippen LogP contribution in [0.5, 0.6) is 0 Å². The summed E-state index contributed by atoms with van der Waals surface area (Å²) < 4.78 is 2.38. The SMILES string of the molecule is CCCCCCCCC=CCCCCCC(O)CCCC(C)[N+]1=CNCC1. The molecule has 3 nitrogen and oxygen atoms in total. The standard InChI is InChI=1S/C24H46N2O/c1-3-4-5-6-7-8-9-10-11-12-13-14-15-18-24(27)19-16-17-23(2)26-21-20-25-22-26/h10-11,22-24,27H,3-9,12-21H2,1-2H3/p+1. The Morgan fingerprint density at radius 2 is 1.52 bits per heavy atom. The summed E-state index contributed by atoms with van der Waals surface area (Å²) in [6.07, 6.45) is 25.5.